The lowest BCUT2D eigenvalue weighted by molar-refractivity contribution is -0.207. The molecular weight excluding hydrogens is 532 g/mol. The number of benzene rings is 2. The molecule has 0 amide bonds. The molecule has 0 unspecified atom stereocenters. The van der Waals surface area contributed by atoms with Crippen LogP contribution in [0, 0.1) is 0 Å². The molecule has 2 aromatic heterocycles. The number of halogens is 7. The average molecular weight is 548 g/mol. The van der Waals surface area contributed by atoms with Crippen LogP contribution in [0.5, 0.6) is 0 Å². The molecule has 0 aliphatic carbocycles. The van der Waals surface area contributed by atoms with Crippen molar-refractivity contribution in [3.8, 4) is 11.4 Å². The van der Waals surface area contributed by atoms with E-state index in [1.54, 1.807) is 0 Å². The van der Waals surface area contributed by atoms with E-state index in [0.29, 0.717) is 9.59 Å². The van der Waals surface area contributed by atoms with Crippen molar-refractivity contribution in [3.05, 3.63) is 86.9 Å². The number of aromatic nitrogens is 5. The molecule has 2 aromatic carbocycles. The number of aliphatic hydroxyl groups excluding tert-OH is 1. The lowest BCUT2D eigenvalue weighted by Gasteiger charge is -2.15. The summed E-state index contributed by atoms with van der Waals surface area (Å²) in [5.41, 5.74) is -1.33. The maximum Gasteiger partial charge on any atom is 0.416 e. The maximum atomic E-state index is 13.0. The summed E-state index contributed by atoms with van der Waals surface area (Å²) in [5, 5.41) is 17.6. The van der Waals surface area contributed by atoms with Gasteiger partial charge in [-0.05, 0) is 35.9 Å². The molecule has 0 aliphatic heterocycles. The lowest BCUT2D eigenvalue weighted by atomic mass is 10.1. The Labute approximate surface area is 208 Å². The molecule has 0 saturated carbocycles. The Morgan fingerprint density at radius 3 is 2.41 bits per heavy atom. The van der Waals surface area contributed by atoms with E-state index in [1.165, 1.54) is 36.4 Å². The molecule has 1 atom stereocenters. The highest BCUT2D eigenvalue weighted by Gasteiger charge is 2.39. The van der Waals surface area contributed by atoms with Gasteiger partial charge < -0.3 is 9.63 Å². The predicted octanol–water partition coefficient (Wildman–Crippen LogP) is 4.33. The fourth-order valence-corrected chi connectivity index (χ4v) is 3.52. The molecule has 196 valence electrons. The van der Waals surface area contributed by atoms with Gasteiger partial charge in [0.1, 0.15) is 6.54 Å². The number of aliphatic hydroxyl groups is 1. The van der Waals surface area contributed by atoms with Crippen molar-refractivity contribution in [2.45, 2.75) is 38.0 Å². The van der Waals surface area contributed by atoms with Gasteiger partial charge in [0.25, 0.3) is 0 Å². The number of hydrogen-bond donors (Lipinski definition) is 1. The van der Waals surface area contributed by atoms with Crippen LogP contribution in [0.1, 0.15) is 22.8 Å². The van der Waals surface area contributed by atoms with Crippen molar-refractivity contribution in [1.82, 2.24) is 24.5 Å². The maximum absolute atomic E-state index is 13.0. The summed E-state index contributed by atoms with van der Waals surface area (Å²) in [5.74, 6) is -0.311. The van der Waals surface area contributed by atoms with E-state index >= 15 is 0 Å². The van der Waals surface area contributed by atoms with E-state index in [1.807, 2.05) is 0 Å². The van der Waals surface area contributed by atoms with Crippen molar-refractivity contribution in [2.24, 2.45) is 0 Å². The van der Waals surface area contributed by atoms with Crippen LogP contribution in [0.3, 0.4) is 0 Å². The summed E-state index contributed by atoms with van der Waals surface area (Å²) < 4.78 is 84.2. The standard InChI is InChI=1S/C22H16ClF6N5O3/c23-15-6-4-13(5-7-15)19-31-34(20(36)33(19)10-16(35)22(27,28)29)11-18-30-17(32-37-18)9-12-2-1-3-14(8-12)21(24,25)26/h1-8,16,35H,9-11H2/t16-/m0/s1. The van der Waals surface area contributed by atoms with Crippen LogP contribution < -0.4 is 5.69 Å². The van der Waals surface area contributed by atoms with Crippen LogP contribution in [0.2, 0.25) is 5.02 Å². The molecule has 1 N–H and O–H groups in total. The van der Waals surface area contributed by atoms with Gasteiger partial charge >= 0.3 is 18.0 Å². The van der Waals surface area contributed by atoms with Gasteiger partial charge in [-0.15, -0.1) is 5.10 Å². The molecule has 0 aliphatic rings. The topological polar surface area (TPSA) is 99.0 Å². The number of rotatable bonds is 7. The van der Waals surface area contributed by atoms with E-state index in [2.05, 4.69) is 15.2 Å². The summed E-state index contributed by atoms with van der Waals surface area (Å²) in [7, 11) is 0. The second-order valence-corrected chi connectivity index (χ2v) is 8.35. The molecule has 0 bridgehead atoms. The van der Waals surface area contributed by atoms with E-state index in [4.69, 9.17) is 16.1 Å². The van der Waals surface area contributed by atoms with E-state index < -0.39 is 42.8 Å². The number of alkyl halides is 6. The Morgan fingerprint density at radius 1 is 1.05 bits per heavy atom. The Kier molecular flexibility index (Phi) is 7.15. The Balaban J connectivity index is 1.61. The highest BCUT2D eigenvalue weighted by atomic mass is 35.5. The Morgan fingerprint density at radius 2 is 1.76 bits per heavy atom. The normalized spacial score (nSPS) is 13.2. The first-order valence-electron chi connectivity index (χ1n) is 10.5. The minimum Gasteiger partial charge on any atom is -0.382 e. The van der Waals surface area contributed by atoms with Crippen molar-refractivity contribution < 1.29 is 36.0 Å². The minimum atomic E-state index is -4.98. The molecule has 0 saturated heterocycles. The van der Waals surface area contributed by atoms with Gasteiger partial charge in [0.2, 0.25) is 5.89 Å². The summed E-state index contributed by atoms with van der Waals surface area (Å²) >= 11 is 5.85. The molecule has 8 nitrogen and oxygen atoms in total. The van der Waals surface area contributed by atoms with Crippen molar-refractivity contribution in [1.29, 1.82) is 0 Å². The van der Waals surface area contributed by atoms with Crippen LogP contribution >= 0.6 is 11.6 Å². The van der Waals surface area contributed by atoms with Gasteiger partial charge in [0.05, 0.1) is 12.1 Å². The first kappa shape index (κ1) is 26.4. The summed E-state index contributed by atoms with van der Waals surface area (Å²) in [6, 6.07) is 10.3. The fraction of sp³-hybridized carbons (Fsp3) is 0.273. The second-order valence-electron chi connectivity index (χ2n) is 7.92. The monoisotopic (exact) mass is 547 g/mol. The molecule has 37 heavy (non-hydrogen) atoms. The van der Waals surface area contributed by atoms with Gasteiger partial charge in [-0.2, -0.15) is 31.3 Å². The third-order valence-electron chi connectivity index (χ3n) is 5.17. The smallest absolute Gasteiger partial charge is 0.382 e. The second kappa shape index (κ2) is 10.0. The molecule has 0 spiro atoms. The SMILES string of the molecule is O=c1n(Cc2nc(Cc3cccc(C(F)(F)F)c3)no2)nc(-c2ccc(Cl)cc2)n1C[C@H](O)C(F)(F)F. The van der Waals surface area contributed by atoms with Crippen molar-refractivity contribution in [3.63, 3.8) is 0 Å². The summed E-state index contributed by atoms with van der Waals surface area (Å²) in [4.78, 5) is 16.9. The van der Waals surface area contributed by atoms with Crippen LogP contribution in [-0.4, -0.2) is 41.9 Å². The zero-order chi connectivity index (χ0) is 27.0. The molecule has 0 fully saturated rings. The van der Waals surface area contributed by atoms with Gasteiger partial charge in [0.15, 0.2) is 17.8 Å². The molecule has 2 heterocycles. The van der Waals surface area contributed by atoms with Crippen LogP contribution in [0.15, 0.2) is 57.8 Å². The van der Waals surface area contributed by atoms with Gasteiger partial charge in [-0.25, -0.2) is 9.48 Å². The number of nitrogens with zero attached hydrogens (tertiary/aromatic N) is 5. The first-order valence-corrected chi connectivity index (χ1v) is 10.8. The van der Waals surface area contributed by atoms with Crippen molar-refractivity contribution >= 4 is 11.6 Å². The van der Waals surface area contributed by atoms with E-state index in [9.17, 15) is 36.2 Å². The zero-order valence-corrected chi connectivity index (χ0v) is 19.2. The third-order valence-corrected chi connectivity index (χ3v) is 5.42. The van der Waals surface area contributed by atoms with Crippen LogP contribution in [-0.2, 0) is 25.7 Å². The van der Waals surface area contributed by atoms with Crippen LogP contribution in [0.4, 0.5) is 26.3 Å². The average Bonchev–Trinajstić information content (AvgIpc) is 3.38. The predicted molar refractivity (Wildman–Crippen MR) is 117 cm³/mol. The van der Waals surface area contributed by atoms with Gasteiger partial charge in [0, 0.05) is 17.0 Å². The molecule has 4 rings (SSSR count). The molecule has 4 aromatic rings. The van der Waals surface area contributed by atoms with E-state index in [0.717, 1.165) is 16.8 Å². The fourth-order valence-electron chi connectivity index (χ4n) is 3.39. The van der Waals surface area contributed by atoms with Gasteiger partial charge in [-0.3, -0.25) is 4.57 Å². The summed E-state index contributed by atoms with van der Waals surface area (Å²) in [6.45, 7) is -1.56. The van der Waals surface area contributed by atoms with Gasteiger partial charge in [-0.1, -0.05) is 35.0 Å². The third kappa shape index (κ3) is 6.20. The minimum absolute atomic E-state index is 0.0206. The van der Waals surface area contributed by atoms with Crippen LogP contribution in [0.25, 0.3) is 11.4 Å². The largest absolute Gasteiger partial charge is 0.416 e. The van der Waals surface area contributed by atoms with E-state index in [-0.39, 0.29) is 35.1 Å². The summed E-state index contributed by atoms with van der Waals surface area (Å²) in [6.07, 6.45) is -12.5. The number of hydrogen-bond acceptors (Lipinski definition) is 6. The first-order chi connectivity index (χ1) is 17.3. The Bertz CT molecular complexity index is 1440. The molecule has 0 radical (unpaired) electrons. The highest BCUT2D eigenvalue weighted by molar-refractivity contribution is 6.30. The quantitative estimate of drug-likeness (QED) is 0.346. The molecular formula is C22H16ClF6N5O3. The van der Waals surface area contributed by atoms with Crippen molar-refractivity contribution in [2.75, 3.05) is 0 Å². The molecule has 15 heteroatoms. The zero-order valence-electron chi connectivity index (χ0n) is 18.5. The lowest BCUT2D eigenvalue weighted by Crippen LogP contribution is -2.37. The Hall–Kier alpha value is -3.65. The highest BCUT2D eigenvalue weighted by Crippen LogP contribution is 2.30.